The lowest BCUT2D eigenvalue weighted by atomic mass is 9.94. The first-order valence-corrected chi connectivity index (χ1v) is 11.9. The number of nitrogens with one attached hydrogen (secondary N) is 1. The fraction of sp³-hybridized carbons (Fsp3) is 0.179. The number of aryl methyl sites for hydroxylation is 1. The molecule has 1 unspecified atom stereocenters. The Hall–Kier alpha value is -3.90. The summed E-state index contributed by atoms with van der Waals surface area (Å²) in [5, 5.41) is 7.92. The summed E-state index contributed by atoms with van der Waals surface area (Å²) >= 11 is 6.28. The Kier molecular flexibility index (Phi) is 6.38. The van der Waals surface area contributed by atoms with Crippen LogP contribution in [0.2, 0.25) is 5.02 Å². The predicted molar refractivity (Wildman–Crippen MR) is 136 cm³/mol. The van der Waals surface area contributed by atoms with E-state index < -0.39 is 6.04 Å². The number of nitrogens with zero attached hydrogens (tertiary/aromatic N) is 3. The second-order valence-corrected chi connectivity index (χ2v) is 8.92. The van der Waals surface area contributed by atoms with Crippen LogP contribution < -0.4 is 5.32 Å². The van der Waals surface area contributed by atoms with Crippen LogP contribution >= 0.6 is 11.6 Å². The number of urea groups is 1. The van der Waals surface area contributed by atoms with E-state index in [1.807, 2.05) is 55.5 Å². The zero-order valence-electron chi connectivity index (χ0n) is 19.5. The fourth-order valence-corrected chi connectivity index (χ4v) is 4.48. The van der Waals surface area contributed by atoms with Crippen LogP contribution in [0, 0.1) is 0 Å². The number of carbonyl (C=O) groups excluding carboxylic acids is 1. The van der Waals surface area contributed by atoms with E-state index in [2.05, 4.69) is 41.7 Å². The maximum atomic E-state index is 13.3. The molecule has 1 atom stereocenters. The maximum absolute atomic E-state index is 13.3. The SMILES string of the molecule is CCc1ccc(CN2C(=O)NC(c3cccc(Cl)c3)C(c3nc(-c4ccccc4)no3)=C2C)cc1. The van der Waals surface area contributed by atoms with Crippen molar-refractivity contribution in [3.05, 3.63) is 112 Å². The van der Waals surface area contributed by atoms with Crippen molar-refractivity contribution in [1.29, 1.82) is 0 Å². The molecule has 3 aromatic carbocycles. The normalized spacial score (nSPS) is 15.9. The average molecular weight is 485 g/mol. The number of benzene rings is 3. The molecule has 1 aliphatic heterocycles. The monoisotopic (exact) mass is 484 g/mol. The maximum Gasteiger partial charge on any atom is 0.322 e. The molecule has 176 valence electrons. The average Bonchev–Trinajstić information content (AvgIpc) is 3.37. The van der Waals surface area contributed by atoms with Gasteiger partial charge in [0.1, 0.15) is 0 Å². The van der Waals surface area contributed by atoms with Crippen LogP contribution in [0.15, 0.2) is 89.1 Å². The Morgan fingerprint density at radius 1 is 1.00 bits per heavy atom. The molecular weight excluding hydrogens is 460 g/mol. The highest BCUT2D eigenvalue weighted by Crippen LogP contribution is 2.38. The van der Waals surface area contributed by atoms with Gasteiger partial charge in [-0.15, -0.1) is 0 Å². The van der Waals surface area contributed by atoms with Gasteiger partial charge in [-0.2, -0.15) is 4.98 Å². The molecular formula is C28H25ClN4O2. The van der Waals surface area contributed by atoms with E-state index in [0.29, 0.717) is 23.3 Å². The van der Waals surface area contributed by atoms with Crippen LogP contribution in [0.25, 0.3) is 17.0 Å². The molecule has 6 nitrogen and oxygen atoms in total. The summed E-state index contributed by atoms with van der Waals surface area (Å²) < 4.78 is 5.75. The van der Waals surface area contributed by atoms with Crippen LogP contribution in [0.3, 0.4) is 0 Å². The molecule has 0 bridgehead atoms. The Bertz CT molecular complexity index is 1380. The molecule has 0 saturated heterocycles. The molecule has 1 N–H and O–H groups in total. The number of hydrogen-bond donors (Lipinski definition) is 1. The molecule has 0 radical (unpaired) electrons. The summed E-state index contributed by atoms with van der Waals surface area (Å²) in [5.74, 6) is 0.849. The van der Waals surface area contributed by atoms with Crippen molar-refractivity contribution in [2.24, 2.45) is 0 Å². The second-order valence-electron chi connectivity index (χ2n) is 8.48. The second kappa shape index (κ2) is 9.76. The minimum atomic E-state index is -0.482. The van der Waals surface area contributed by atoms with E-state index in [-0.39, 0.29) is 6.03 Å². The van der Waals surface area contributed by atoms with Crippen LogP contribution in [0.1, 0.15) is 42.5 Å². The van der Waals surface area contributed by atoms with Gasteiger partial charge >= 0.3 is 6.03 Å². The number of allylic oxidation sites excluding steroid dienone is 1. The first-order valence-electron chi connectivity index (χ1n) is 11.5. The Balaban J connectivity index is 1.58. The summed E-state index contributed by atoms with van der Waals surface area (Å²) in [4.78, 5) is 19.7. The lowest BCUT2D eigenvalue weighted by molar-refractivity contribution is 0.203. The van der Waals surface area contributed by atoms with Crippen molar-refractivity contribution >= 4 is 23.2 Å². The third-order valence-corrected chi connectivity index (χ3v) is 6.47. The molecule has 0 saturated carbocycles. The fourth-order valence-electron chi connectivity index (χ4n) is 4.29. The van der Waals surface area contributed by atoms with Crippen molar-refractivity contribution in [3.63, 3.8) is 0 Å². The smallest absolute Gasteiger partial charge is 0.322 e. The predicted octanol–water partition coefficient (Wildman–Crippen LogP) is 6.65. The van der Waals surface area contributed by atoms with Crippen molar-refractivity contribution in [2.75, 3.05) is 0 Å². The number of amides is 2. The van der Waals surface area contributed by atoms with E-state index in [0.717, 1.165) is 34.4 Å². The molecule has 0 aliphatic carbocycles. The molecule has 4 aromatic rings. The minimum Gasteiger partial charge on any atom is -0.334 e. The first kappa shape index (κ1) is 22.9. The topological polar surface area (TPSA) is 71.3 Å². The van der Waals surface area contributed by atoms with Crippen molar-refractivity contribution in [3.8, 4) is 11.4 Å². The Labute approximate surface area is 209 Å². The van der Waals surface area contributed by atoms with E-state index in [1.54, 1.807) is 11.0 Å². The highest BCUT2D eigenvalue weighted by atomic mass is 35.5. The molecule has 1 aliphatic rings. The zero-order valence-corrected chi connectivity index (χ0v) is 20.3. The standard InChI is InChI=1S/C28H25ClN4O2/c1-3-19-12-14-20(15-13-19)17-33-18(2)24(25(30-28(33)34)22-10-7-11-23(29)16-22)27-31-26(32-35-27)21-8-5-4-6-9-21/h4-16,25H,3,17H2,1-2H3,(H,30,34). The number of carbonyl (C=O) groups is 1. The molecule has 0 fully saturated rings. The number of rotatable bonds is 6. The Morgan fingerprint density at radius 3 is 2.46 bits per heavy atom. The summed E-state index contributed by atoms with van der Waals surface area (Å²) in [7, 11) is 0. The van der Waals surface area contributed by atoms with E-state index in [1.165, 1.54) is 5.56 Å². The molecule has 1 aromatic heterocycles. The molecule has 0 spiro atoms. The van der Waals surface area contributed by atoms with Gasteiger partial charge < -0.3 is 9.84 Å². The van der Waals surface area contributed by atoms with Gasteiger partial charge in [0.15, 0.2) is 0 Å². The van der Waals surface area contributed by atoms with E-state index >= 15 is 0 Å². The van der Waals surface area contributed by atoms with Gasteiger partial charge in [0.25, 0.3) is 5.89 Å². The van der Waals surface area contributed by atoms with E-state index in [4.69, 9.17) is 21.1 Å². The Morgan fingerprint density at radius 2 is 1.74 bits per heavy atom. The first-order chi connectivity index (χ1) is 17.0. The highest BCUT2D eigenvalue weighted by Gasteiger charge is 2.35. The lowest BCUT2D eigenvalue weighted by Crippen LogP contribution is -2.45. The third kappa shape index (κ3) is 4.70. The van der Waals surface area contributed by atoms with Gasteiger partial charge in [0.05, 0.1) is 18.2 Å². The van der Waals surface area contributed by atoms with Gasteiger partial charge in [0, 0.05) is 16.3 Å². The quantitative estimate of drug-likeness (QED) is 0.332. The van der Waals surface area contributed by atoms with Gasteiger partial charge in [0.2, 0.25) is 5.82 Å². The van der Waals surface area contributed by atoms with Crippen LogP contribution in [0.4, 0.5) is 4.79 Å². The number of halogens is 1. The van der Waals surface area contributed by atoms with Gasteiger partial charge in [-0.05, 0) is 42.2 Å². The van der Waals surface area contributed by atoms with Crippen molar-refractivity contribution in [2.45, 2.75) is 32.9 Å². The third-order valence-electron chi connectivity index (χ3n) is 6.24. The summed E-state index contributed by atoms with van der Waals surface area (Å²) in [6.07, 6.45) is 0.968. The highest BCUT2D eigenvalue weighted by molar-refractivity contribution is 6.30. The van der Waals surface area contributed by atoms with Crippen LogP contribution in [-0.2, 0) is 13.0 Å². The largest absolute Gasteiger partial charge is 0.334 e. The van der Waals surface area contributed by atoms with Gasteiger partial charge in [-0.1, -0.05) is 90.4 Å². The molecule has 2 amide bonds. The lowest BCUT2D eigenvalue weighted by Gasteiger charge is -2.35. The molecule has 2 heterocycles. The number of hydrogen-bond acceptors (Lipinski definition) is 4. The summed E-state index contributed by atoms with van der Waals surface area (Å²) in [6, 6.07) is 24.7. The van der Waals surface area contributed by atoms with Gasteiger partial charge in [-0.25, -0.2) is 4.79 Å². The molecule has 35 heavy (non-hydrogen) atoms. The molecule has 5 rings (SSSR count). The summed E-state index contributed by atoms with van der Waals surface area (Å²) in [6.45, 7) is 4.46. The summed E-state index contributed by atoms with van der Waals surface area (Å²) in [5.41, 5.74) is 5.48. The van der Waals surface area contributed by atoms with Crippen molar-refractivity contribution in [1.82, 2.24) is 20.4 Å². The zero-order chi connectivity index (χ0) is 24.4. The van der Waals surface area contributed by atoms with Crippen LogP contribution in [-0.4, -0.2) is 21.1 Å². The van der Waals surface area contributed by atoms with E-state index in [9.17, 15) is 4.79 Å². The van der Waals surface area contributed by atoms with Gasteiger partial charge in [-0.3, -0.25) is 4.90 Å². The molecule has 7 heteroatoms. The van der Waals surface area contributed by atoms with Crippen molar-refractivity contribution < 1.29 is 9.32 Å². The minimum absolute atomic E-state index is 0.196. The van der Waals surface area contributed by atoms with Crippen LogP contribution in [0.5, 0.6) is 0 Å². The number of aromatic nitrogens is 2.